The molecule has 86 valence electrons. The van der Waals surface area contributed by atoms with E-state index in [2.05, 4.69) is 0 Å². The van der Waals surface area contributed by atoms with Crippen molar-refractivity contribution in [2.45, 2.75) is 0 Å². The highest BCUT2D eigenvalue weighted by molar-refractivity contribution is 6.11. The van der Waals surface area contributed by atoms with Crippen molar-refractivity contribution in [3.05, 3.63) is 59.0 Å². The van der Waals surface area contributed by atoms with Crippen molar-refractivity contribution in [1.29, 1.82) is 0 Å². The largest absolute Gasteiger partial charge is 0.460 e. The zero-order valence-electron chi connectivity index (χ0n) is 9.34. The first-order valence-corrected chi connectivity index (χ1v) is 5.66. The van der Waals surface area contributed by atoms with Gasteiger partial charge in [0, 0.05) is 10.8 Å². The van der Waals surface area contributed by atoms with E-state index in [9.17, 15) is 4.79 Å². The number of fused-ring (bicyclic) bond motifs is 5. The Morgan fingerprint density at radius 2 is 1.78 bits per heavy atom. The van der Waals surface area contributed by atoms with Crippen LogP contribution in [-0.2, 0) is 0 Å². The van der Waals surface area contributed by atoms with Crippen LogP contribution in [0.3, 0.4) is 0 Å². The lowest BCUT2D eigenvalue weighted by Crippen LogP contribution is -2.03. The molecule has 3 nitrogen and oxygen atoms in total. The Morgan fingerprint density at radius 1 is 0.889 bits per heavy atom. The first kappa shape index (κ1) is 9.48. The van der Waals surface area contributed by atoms with E-state index in [4.69, 9.17) is 8.83 Å². The van der Waals surface area contributed by atoms with E-state index >= 15 is 0 Å². The number of benzene rings is 2. The molecule has 1 aliphatic heterocycles. The highest BCUT2D eigenvalue weighted by Crippen LogP contribution is 2.35. The monoisotopic (exact) mass is 236 g/mol. The minimum absolute atomic E-state index is 0.0478. The lowest BCUT2D eigenvalue weighted by Gasteiger charge is -2.02. The summed E-state index contributed by atoms with van der Waals surface area (Å²) in [5.41, 5.74) is 1.90. The number of furan rings is 1. The molecule has 0 saturated carbocycles. The fourth-order valence-corrected chi connectivity index (χ4v) is 2.38. The first-order chi connectivity index (χ1) is 8.84. The molecule has 3 heteroatoms. The lowest BCUT2D eigenvalue weighted by molar-refractivity contribution is 0.551. The minimum Gasteiger partial charge on any atom is -0.460 e. The van der Waals surface area contributed by atoms with E-state index in [1.54, 1.807) is 24.5 Å². The van der Waals surface area contributed by atoms with Crippen molar-refractivity contribution in [2.24, 2.45) is 0 Å². The first-order valence-electron chi connectivity index (χ1n) is 5.66. The van der Waals surface area contributed by atoms with E-state index in [1.165, 1.54) is 0 Å². The molecule has 2 aromatic rings. The van der Waals surface area contributed by atoms with Crippen LogP contribution in [-0.4, -0.2) is 0 Å². The standard InChI is InChI=1S/C15H8O3/c16-10-5-3-7-12-15(10)14-9-4-1-2-6-11(9)18-13(14)8-17-12/h1-8H. The highest BCUT2D eigenvalue weighted by atomic mass is 16.4. The van der Waals surface area contributed by atoms with E-state index < -0.39 is 0 Å². The maximum Gasteiger partial charge on any atom is 0.190 e. The van der Waals surface area contributed by atoms with E-state index in [0.717, 1.165) is 16.4 Å². The van der Waals surface area contributed by atoms with Gasteiger partial charge in [-0.3, -0.25) is 4.79 Å². The third-order valence-corrected chi connectivity index (χ3v) is 3.15. The van der Waals surface area contributed by atoms with Crippen molar-refractivity contribution >= 4 is 21.9 Å². The summed E-state index contributed by atoms with van der Waals surface area (Å²) < 4.78 is 11.1. The van der Waals surface area contributed by atoms with Crippen LogP contribution < -0.4 is 5.43 Å². The zero-order valence-corrected chi connectivity index (χ0v) is 9.34. The Morgan fingerprint density at radius 3 is 2.72 bits per heavy atom. The molecule has 2 aliphatic rings. The molecule has 0 spiro atoms. The van der Waals surface area contributed by atoms with Crippen LogP contribution in [0, 0.1) is 0 Å². The molecule has 18 heavy (non-hydrogen) atoms. The second-order valence-corrected chi connectivity index (χ2v) is 4.20. The molecule has 0 amide bonds. The average molecular weight is 236 g/mol. The molecule has 0 fully saturated rings. The molecule has 0 unspecified atom stereocenters. The second kappa shape index (κ2) is 3.23. The Kier molecular flexibility index (Phi) is 1.70. The van der Waals surface area contributed by atoms with Crippen LogP contribution >= 0.6 is 0 Å². The predicted molar refractivity (Wildman–Crippen MR) is 68.9 cm³/mol. The number of hydrogen-bond acceptors (Lipinski definition) is 3. The van der Waals surface area contributed by atoms with Gasteiger partial charge in [-0.05, 0) is 18.2 Å². The summed E-state index contributed by atoms with van der Waals surface area (Å²) in [5.74, 6) is 0.585. The Balaban J connectivity index is 2.39. The van der Waals surface area contributed by atoms with Gasteiger partial charge in [0.05, 0.1) is 5.56 Å². The van der Waals surface area contributed by atoms with Gasteiger partial charge in [-0.1, -0.05) is 24.3 Å². The van der Waals surface area contributed by atoms with Gasteiger partial charge in [0.1, 0.15) is 17.6 Å². The number of para-hydroxylation sites is 1. The highest BCUT2D eigenvalue weighted by Gasteiger charge is 2.17. The van der Waals surface area contributed by atoms with Crippen LogP contribution in [0.2, 0.25) is 0 Å². The average Bonchev–Trinajstić information content (AvgIpc) is 2.77. The molecule has 4 rings (SSSR count). The van der Waals surface area contributed by atoms with E-state index in [0.29, 0.717) is 16.9 Å². The van der Waals surface area contributed by atoms with E-state index in [1.807, 2.05) is 24.3 Å². The fourth-order valence-electron chi connectivity index (χ4n) is 2.38. The van der Waals surface area contributed by atoms with E-state index in [-0.39, 0.29) is 5.43 Å². The zero-order chi connectivity index (χ0) is 12.1. The minimum atomic E-state index is -0.0478. The van der Waals surface area contributed by atoms with Gasteiger partial charge in [0.15, 0.2) is 11.0 Å². The predicted octanol–water partition coefficient (Wildman–Crippen LogP) is 3.64. The van der Waals surface area contributed by atoms with Gasteiger partial charge in [-0.25, -0.2) is 0 Å². The molecule has 0 saturated heterocycles. The van der Waals surface area contributed by atoms with Crippen LogP contribution in [0.5, 0.6) is 0 Å². The fraction of sp³-hybridized carbons (Fsp3) is 0. The summed E-state index contributed by atoms with van der Waals surface area (Å²) in [4.78, 5) is 12.0. The summed E-state index contributed by atoms with van der Waals surface area (Å²) >= 11 is 0. The summed E-state index contributed by atoms with van der Waals surface area (Å²) in [7, 11) is 0. The van der Waals surface area contributed by atoms with Gasteiger partial charge in [0.2, 0.25) is 0 Å². The van der Waals surface area contributed by atoms with Gasteiger partial charge < -0.3 is 8.83 Å². The molecule has 1 aromatic carbocycles. The molecule has 1 aromatic heterocycles. The van der Waals surface area contributed by atoms with Crippen molar-refractivity contribution in [3.8, 4) is 11.3 Å². The molecule has 1 aliphatic carbocycles. The normalized spacial score (nSPS) is 11.6. The Bertz CT molecular complexity index is 898. The summed E-state index contributed by atoms with van der Waals surface area (Å²) in [5, 5.41) is 1.77. The van der Waals surface area contributed by atoms with Crippen molar-refractivity contribution in [1.82, 2.24) is 0 Å². The molecule has 0 radical (unpaired) electrons. The molecular weight excluding hydrogens is 228 g/mol. The quantitative estimate of drug-likeness (QED) is 0.468. The number of hydrogen-bond donors (Lipinski definition) is 0. The molecule has 0 N–H and O–H groups in total. The van der Waals surface area contributed by atoms with Crippen LogP contribution in [0.15, 0.2) is 62.4 Å². The smallest absolute Gasteiger partial charge is 0.190 e. The Labute approximate surface area is 102 Å². The van der Waals surface area contributed by atoms with Gasteiger partial charge in [-0.2, -0.15) is 0 Å². The topological polar surface area (TPSA) is 43.4 Å². The van der Waals surface area contributed by atoms with Crippen LogP contribution in [0.1, 0.15) is 0 Å². The maximum atomic E-state index is 12.0. The molecular formula is C15H8O3. The van der Waals surface area contributed by atoms with Gasteiger partial charge in [-0.15, -0.1) is 0 Å². The van der Waals surface area contributed by atoms with Crippen molar-refractivity contribution in [2.75, 3.05) is 0 Å². The summed E-state index contributed by atoms with van der Waals surface area (Å²) in [6, 6.07) is 12.7. The summed E-state index contributed by atoms with van der Waals surface area (Å²) in [6.45, 7) is 0. The van der Waals surface area contributed by atoms with Crippen LogP contribution in [0.25, 0.3) is 33.3 Å². The Hall–Kier alpha value is -2.55. The van der Waals surface area contributed by atoms with Crippen LogP contribution in [0.4, 0.5) is 0 Å². The van der Waals surface area contributed by atoms with Crippen molar-refractivity contribution < 1.29 is 8.83 Å². The SMILES string of the molecule is O=c1cccc2occ3oc4ccccc4c3c1-2. The number of rotatable bonds is 0. The van der Waals surface area contributed by atoms with Crippen molar-refractivity contribution in [3.63, 3.8) is 0 Å². The summed E-state index contributed by atoms with van der Waals surface area (Å²) in [6.07, 6.45) is 1.55. The van der Waals surface area contributed by atoms with Gasteiger partial charge in [0.25, 0.3) is 0 Å². The second-order valence-electron chi connectivity index (χ2n) is 4.20. The molecule has 0 atom stereocenters. The molecule has 0 bridgehead atoms. The van der Waals surface area contributed by atoms with Gasteiger partial charge >= 0.3 is 0 Å². The molecule has 2 heterocycles. The maximum absolute atomic E-state index is 12.0. The lowest BCUT2D eigenvalue weighted by atomic mass is 10.0. The third kappa shape index (κ3) is 1.10. The third-order valence-electron chi connectivity index (χ3n) is 3.15.